The van der Waals surface area contributed by atoms with Crippen LogP contribution in [0.3, 0.4) is 0 Å². The normalized spacial score (nSPS) is 12.4. The Morgan fingerprint density at radius 1 is 1.40 bits per heavy atom. The number of aromatic nitrogens is 2. The summed E-state index contributed by atoms with van der Waals surface area (Å²) in [6.07, 6.45) is 0. The Morgan fingerprint density at radius 3 is 2.80 bits per heavy atom. The maximum Gasteiger partial charge on any atom is 0.243 e. The summed E-state index contributed by atoms with van der Waals surface area (Å²) in [6.45, 7) is 3.80. The highest BCUT2D eigenvalue weighted by Crippen LogP contribution is 2.28. The predicted octanol–water partition coefficient (Wildman–Crippen LogP) is 2.89. The fraction of sp³-hybridized carbons (Fsp3) is 0.308. The smallest absolute Gasteiger partial charge is 0.243 e. The van der Waals surface area contributed by atoms with Gasteiger partial charge in [-0.05, 0) is 18.1 Å². The first kappa shape index (κ1) is 15.1. The summed E-state index contributed by atoms with van der Waals surface area (Å²) in [5.74, 6) is -0.163. The van der Waals surface area contributed by atoms with Gasteiger partial charge in [0.15, 0.2) is 0 Å². The average Bonchev–Trinajstić information content (AvgIpc) is 2.86. The quantitative estimate of drug-likeness (QED) is 0.884. The molecule has 0 bridgehead atoms. The topological polar surface area (TPSA) is 80.9 Å². The molecular weight excluding hydrogens is 340 g/mol. The molecule has 1 aromatic carbocycles. The number of carbonyl (C=O) groups excluding carboxylic acids is 1. The number of hydrogen-bond donors (Lipinski definition) is 2. The van der Waals surface area contributed by atoms with Crippen molar-refractivity contribution in [3.63, 3.8) is 0 Å². The highest BCUT2D eigenvalue weighted by Gasteiger charge is 2.19. The van der Waals surface area contributed by atoms with Crippen LogP contribution in [0.25, 0.3) is 10.6 Å². The number of nitrogens with one attached hydrogen (secondary N) is 1. The van der Waals surface area contributed by atoms with Crippen LogP contribution in [0.2, 0.25) is 0 Å². The minimum absolute atomic E-state index is 0.0764. The third kappa shape index (κ3) is 3.62. The highest BCUT2D eigenvalue weighted by molar-refractivity contribution is 9.10. The molecule has 2 rings (SSSR count). The van der Waals surface area contributed by atoms with Gasteiger partial charge in [0.1, 0.15) is 5.01 Å². The van der Waals surface area contributed by atoms with Crippen molar-refractivity contribution in [3.05, 3.63) is 28.7 Å². The molecule has 0 fully saturated rings. The zero-order valence-electron chi connectivity index (χ0n) is 11.1. The van der Waals surface area contributed by atoms with Crippen LogP contribution in [0.1, 0.15) is 13.8 Å². The third-order valence-electron chi connectivity index (χ3n) is 2.75. The van der Waals surface area contributed by atoms with Crippen LogP contribution >= 0.6 is 27.3 Å². The van der Waals surface area contributed by atoms with E-state index in [-0.39, 0.29) is 11.8 Å². The number of anilines is 1. The van der Waals surface area contributed by atoms with Gasteiger partial charge in [-0.3, -0.25) is 10.1 Å². The van der Waals surface area contributed by atoms with Crippen molar-refractivity contribution in [3.8, 4) is 10.6 Å². The summed E-state index contributed by atoms with van der Waals surface area (Å²) in [4.78, 5) is 11.8. The maximum absolute atomic E-state index is 11.8. The molecule has 106 valence electrons. The van der Waals surface area contributed by atoms with Crippen LogP contribution in [0, 0.1) is 5.92 Å². The van der Waals surface area contributed by atoms with Crippen molar-refractivity contribution in [2.24, 2.45) is 11.7 Å². The number of rotatable bonds is 4. The average molecular weight is 355 g/mol. The molecule has 1 heterocycles. The van der Waals surface area contributed by atoms with Crippen LogP contribution in [0.5, 0.6) is 0 Å². The van der Waals surface area contributed by atoms with E-state index in [2.05, 4.69) is 31.4 Å². The van der Waals surface area contributed by atoms with E-state index >= 15 is 0 Å². The Bertz CT molecular complexity index is 614. The summed E-state index contributed by atoms with van der Waals surface area (Å²) >= 11 is 4.73. The van der Waals surface area contributed by atoms with Gasteiger partial charge in [-0.25, -0.2) is 0 Å². The molecule has 0 spiro atoms. The summed E-state index contributed by atoms with van der Waals surface area (Å²) in [6, 6.07) is 7.21. The third-order valence-corrected chi connectivity index (χ3v) is 4.13. The molecule has 20 heavy (non-hydrogen) atoms. The van der Waals surface area contributed by atoms with Crippen molar-refractivity contribution in [2.45, 2.75) is 19.9 Å². The Labute approximate surface area is 129 Å². The van der Waals surface area contributed by atoms with E-state index in [0.717, 1.165) is 15.0 Å². The first-order chi connectivity index (χ1) is 9.47. The van der Waals surface area contributed by atoms with E-state index < -0.39 is 6.04 Å². The fourth-order valence-corrected chi connectivity index (χ4v) is 2.65. The molecule has 7 heteroatoms. The van der Waals surface area contributed by atoms with Gasteiger partial charge in [0, 0.05) is 10.0 Å². The second kappa shape index (κ2) is 6.43. The Morgan fingerprint density at radius 2 is 2.15 bits per heavy atom. The van der Waals surface area contributed by atoms with Crippen molar-refractivity contribution < 1.29 is 4.79 Å². The molecule has 0 aliphatic carbocycles. The number of amides is 1. The second-order valence-electron chi connectivity index (χ2n) is 4.68. The molecule has 0 unspecified atom stereocenters. The van der Waals surface area contributed by atoms with Crippen molar-refractivity contribution in [1.29, 1.82) is 0 Å². The summed E-state index contributed by atoms with van der Waals surface area (Å²) in [5.41, 5.74) is 6.73. The number of carbonyl (C=O) groups is 1. The van der Waals surface area contributed by atoms with E-state index in [1.165, 1.54) is 11.3 Å². The van der Waals surface area contributed by atoms with E-state index in [9.17, 15) is 4.79 Å². The van der Waals surface area contributed by atoms with Gasteiger partial charge in [-0.15, -0.1) is 10.2 Å². The molecule has 0 radical (unpaired) electrons. The molecule has 0 aliphatic rings. The monoisotopic (exact) mass is 354 g/mol. The van der Waals surface area contributed by atoms with Crippen molar-refractivity contribution >= 4 is 38.3 Å². The molecule has 0 saturated heterocycles. The number of benzene rings is 1. The summed E-state index contributed by atoms with van der Waals surface area (Å²) in [5, 5.41) is 12.0. The summed E-state index contributed by atoms with van der Waals surface area (Å²) in [7, 11) is 0. The lowest BCUT2D eigenvalue weighted by Gasteiger charge is -2.13. The molecule has 3 N–H and O–H groups in total. The van der Waals surface area contributed by atoms with Gasteiger partial charge >= 0.3 is 0 Å². The maximum atomic E-state index is 11.8. The van der Waals surface area contributed by atoms with Gasteiger partial charge in [0.25, 0.3) is 0 Å². The van der Waals surface area contributed by atoms with E-state index in [0.29, 0.717) is 5.13 Å². The van der Waals surface area contributed by atoms with Gasteiger partial charge in [-0.1, -0.05) is 53.2 Å². The first-order valence-corrected chi connectivity index (χ1v) is 7.74. The standard InChI is InChI=1S/C13H15BrN4OS/c1-7(2)10(15)11(19)16-13-18-17-12(20-13)8-4-3-5-9(14)6-8/h3-7,10H,15H2,1-2H3,(H,16,18,19)/t10-/m0/s1. The Hall–Kier alpha value is -1.31. The van der Waals surface area contributed by atoms with Gasteiger partial charge in [0.05, 0.1) is 6.04 Å². The van der Waals surface area contributed by atoms with Gasteiger partial charge < -0.3 is 5.73 Å². The molecular formula is C13H15BrN4OS. The predicted molar refractivity (Wildman–Crippen MR) is 84.5 cm³/mol. The SMILES string of the molecule is CC(C)[C@H](N)C(=O)Nc1nnc(-c2cccc(Br)c2)s1. The number of halogens is 1. The minimum Gasteiger partial charge on any atom is -0.320 e. The first-order valence-electron chi connectivity index (χ1n) is 6.13. The highest BCUT2D eigenvalue weighted by atomic mass is 79.9. The lowest BCUT2D eigenvalue weighted by molar-refractivity contribution is -0.118. The molecule has 0 aliphatic heterocycles. The van der Waals surface area contributed by atoms with E-state index in [1.807, 2.05) is 38.1 Å². The molecule has 0 saturated carbocycles. The fourth-order valence-electron chi connectivity index (χ4n) is 1.50. The number of nitrogens with two attached hydrogens (primary N) is 1. The Kier molecular flexibility index (Phi) is 4.85. The molecule has 1 amide bonds. The van der Waals surface area contributed by atoms with Crippen LogP contribution in [0.15, 0.2) is 28.7 Å². The van der Waals surface area contributed by atoms with Crippen LogP contribution in [-0.4, -0.2) is 22.1 Å². The Balaban J connectivity index is 2.12. The van der Waals surface area contributed by atoms with Crippen molar-refractivity contribution in [2.75, 3.05) is 5.32 Å². The molecule has 5 nitrogen and oxygen atoms in total. The largest absolute Gasteiger partial charge is 0.320 e. The minimum atomic E-state index is -0.548. The van der Waals surface area contributed by atoms with Crippen LogP contribution in [0.4, 0.5) is 5.13 Å². The molecule has 1 aromatic heterocycles. The zero-order chi connectivity index (χ0) is 14.7. The number of nitrogens with zero attached hydrogens (tertiary/aromatic N) is 2. The zero-order valence-corrected chi connectivity index (χ0v) is 13.5. The summed E-state index contributed by atoms with van der Waals surface area (Å²) < 4.78 is 0.970. The van der Waals surface area contributed by atoms with Gasteiger partial charge in [0.2, 0.25) is 11.0 Å². The number of hydrogen-bond acceptors (Lipinski definition) is 5. The van der Waals surface area contributed by atoms with Gasteiger partial charge in [-0.2, -0.15) is 0 Å². The van der Waals surface area contributed by atoms with Crippen molar-refractivity contribution in [1.82, 2.24) is 10.2 Å². The van der Waals surface area contributed by atoms with E-state index in [1.54, 1.807) is 0 Å². The van der Waals surface area contributed by atoms with E-state index in [4.69, 9.17) is 5.73 Å². The second-order valence-corrected chi connectivity index (χ2v) is 6.57. The molecule has 2 aromatic rings. The lowest BCUT2D eigenvalue weighted by Crippen LogP contribution is -2.39. The van der Waals surface area contributed by atoms with Crippen LogP contribution < -0.4 is 11.1 Å². The lowest BCUT2D eigenvalue weighted by atomic mass is 10.1. The molecule has 1 atom stereocenters. The van der Waals surface area contributed by atoms with Crippen LogP contribution in [-0.2, 0) is 4.79 Å².